The number of methoxy groups -OCH3 is 3. The summed E-state index contributed by atoms with van der Waals surface area (Å²) in [5, 5.41) is 0.789. The van der Waals surface area contributed by atoms with E-state index < -0.39 is 0 Å². The van der Waals surface area contributed by atoms with Crippen LogP contribution in [-0.2, 0) is 19.4 Å². The van der Waals surface area contributed by atoms with Crippen LogP contribution in [0.3, 0.4) is 0 Å². The number of ether oxygens (including phenoxy) is 3. The van der Waals surface area contributed by atoms with Crippen molar-refractivity contribution in [3.63, 3.8) is 0 Å². The van der Waals surface area contributed by atoms with Crippen molar-refractivity contribution < 1.29 is 14.2 Å². The minimum Gasteiger partial charge on any atom is -0.493 e. The molecule has 1 aliphatic rings. The standard InChI is InChI=1S/C24H31N3O4S/c1-13-7-9-16-18(11-13)32-24-19(16)23(28)25-22(26-24)14(2)27(3)12-15-8-10-17(29-4)21(31-6)20(15)30-5/h8,10,13-14H,7,9,11-12H2,1-6H3,(H,25,26,28)/t13-,14-/m0/s1. The molecule has 172 valence electrons. The molecule has 0 spiro atoms. The highest BCUT2D eigenvalue weighted by atomic mass is 32.1. The predicted octanol–water partition coefficient (Wildman–Crippen LogP) is 4.33. The normalized spacial score (nSPS) is 16.8. The summed E-state index contributed by atoms with van der Waals surface area (Å²) in [6, 6.07) is 3.75. The summed E-state index contributed by atoms with van der Waals surface area (Å²) in [4.78, 5) is 25.2. The second kappa shape index (κ2) is 9.11. The zero-order valence-corrected chi connectivity index (χ0v) is 20.4. The van der Waals surface area contributed by atoms with Crippen LogP contribution in [0.2, 0.25) is 0 Å². The maximum Gasteiger partial charge on any atom is 0.259 e. The second-order valence-corrected chi connectivity index (χ2v) is 9.65. The minimum atomic E-state index is -0.0945. The van der Waals surface area contributed by atoms with Gasteiger partial charge < -0.3 is 19.2 Å². The zero-order chi connectivity index (χ0) is 23.0. The molecule has 0 saturated heterocycles. The number of aromatic amines is 1. The summed E-state index contributed by atoms with van der Waals surface area (Å²) in [6.07, 6.45) is 3.14. The molecule has 2 atom stereocenters. The van der Waals surface area contributed by atoms with Gasteiger partial charge in [0.05, 0.1) is 32.8 Å². The highest BCUT2D eigenvalue weighted by molar-refractivity contribution is 7.18. The molecular weight excluding hydrogens is 426 g/mol. The number of hydrogen-bond acceptors (Lipinski definition) is 7. The first-order chi connectivity index (χ1) is 15.4. The number of fused-ring (bicyclic) bond motifs is 3. The number of nitrogens with zero attached hydrogens (tertiary/aromatic N) is 2. The summed E-state index contributed by atoms with van der Waals surface area (Å²) in [5.74, 6) is 3.17. The molecule has 3 aromatic rings. The first kappa shape index (κ1) is 22.6. The van der Waals surface area contributed by atoms with Crippen molar-refractivity contribution in [2.75, 3.05) is 28.4 Å². The van der Waals surface area contributed by atoms with Gasteiger partial charge in [-0.25, -0.2) is 4.98 Å². The van der Waals surface area contributed by atoms with Gasteiger partial charge in [0.1, 0.15) is 10.7 Å². The van der Waals surface area contributed by atoms with Crippen molar-refractivity contribution in [3.05, 3.63) is 44.3 Å². The lowest BCUT2D eigenvalue weighted by Gasteiger charge is -2.25. The fraction of sp³-hybridized carbons (Fsp3) is 0.500. The smallest absolute Gasteiger partial charge is 0.259 e. The molecule has 1 aromatic carbocycles. The van der Waals surface area contributed by atoms with Crippen molar-refractivity contribution in [2.24, 2.45) is 5.92 Å². The number of thiophene rings is 1. The fourth-order valence-corrected chi connectivity index (χ4v) is 5.86. The maximum atomic E-state index is 13.0. The van der Waals surface area contributed by atoms with Crippen LogP contribution in [0, 0.1) is 5.92 Å². The summed E-state index contributed by atoms with van der Waals surface area (Å²) < 4.78 is 16.5. The van der Waals surface area contributed by atoms with Crippen molar-refractivity contribution in [1.82, 2.24) is 14.9 Å². The first-order valence-electron chi connectivity index (χ1n) is 10.9. The Hall–Kier alpha value is -2.58. The average molecular weight is 458 g/mol. The van der Waals surface area contributed by atoms with Crippen LogP contribution in [0.25, 0.3) is 10.2 Å². The largest absolute Gasteiger partial charge is 0.493 e. The van der Waals surface area contributed by atoms with Gasteiger partial charge in [-0.1, -0.05) is 13.0 Å². The number of aryl methyl sites for hydroxylation is 1. The molecule has 7 nitrogen and oxygen atoms in total. The Labute approximate surface area is 192 Å². The third kappa shape index (κ3) is 3.97. The molecule has 0 bridgehead atoms. The van der Waals surface area contributed by atoms with Gasteiger partial charge in [0.15, 0.2) is 11.5 Å². The Bertz CT molecular complexity index is 1190. The molecule has 0 radical (unpaired) electrons. The molecule has 8 heteroatoms. The summed E-state index contributed by atoms with van der Waals surface area (Å²) >= 11 is 1.68. The lowest BCUT2D eigenvalue weighted by molar-refractivity contribution is 0.238. The molecule has 4 rings (SSSR count). The Morgan fingerprint density at radius 3 is 2.66 bits per heavy atom. The Morgan fingerprint density at radius 2 is 1.97 bits per heavy atom. The minimum absolute atomic E-state index is 0.0269. The number of benzene rings is 1. The van der Waals surface area contributed by atoms with Gasteiger partial charge in [-0.2, -0.15) is 0 Å². The van der Waals surface area contributed by atoms with Gasteiger partial charge in [-0.15, -0.1) is 11.3 Å². The second-order valence-electron chi connectivity index (χ2n) is 8.57. The molecule has 2 heterocycles. The number of hydrogen-bond donors (Lipinski definition) is 1. The SMILES string of the molecule is COc1ccc(CN(C)[C@@H](C)c2nc3sc4c(c3c(=O)[nH]2)CC[C@H](C)C4)c(OC)c1OC. The quantitative estimate of drug-likeness (QED) is 0.569. The number of rotatable bonds is 7. The van der Waals surface area contributed by atoms with Crippen molar-refractivity contribution in [2.45, 2.75) is 45.7 Å². The van der Waals surface area contributed by atoms with E-state index in [2.05, 4.69) is 16.8 Å². The van der Waals surface area contributed by atoms with E-state index in [0.29, 0.717) is 35.5 Å². The van der Waals surface area contributed by atoms with Gasteiger partial charge in [0.2, 0.25) is 5.75 Å². The van der Waals surface area contributed by atoms with Gasteiger partial charge >= 0.3 is 0 Å². The molecule has 1 N–H and O–H groups in total. The van der Waals surface area contributed by atoms with Crippen LogP contribution in [0.4, 0.5) is 0 Å². The lowest BCUT2D eigenvalue weighted by atomic mass is 9.89. The summed E-state index contributed by atoms with van der Waals surface area (Å²) in [6.45, 7) is 4.91. The third-order valence-electron chi connectivity index (χ3n) is 6.45. The summed E-state index contributed by atoms with van der Waals surface area (Å²) in [5.41, 5.74) is 2.14. The van der Waals surface area contributed by atoms with Crippen LogP contribution >= 0.6 is 11.3 Å². The highest BCUT2D eigenvalue weighted by Gasteiger charge is 2.25. The van der Waals surface area contributed by atoms with Crippen LogP contribution in [0.1, 0.15) is 48.1 Å². The molecule has 2 aromatic heterocycles. The van der Waals surface area contributed by atoms with Gasteiger partial charge in [0.25, 0.3) is 5.56 Å². The van der Waals surface area contributed by atoms with Gasteiger partial charge in [0, 0.05) is 17.0 Å². The number of aromatic nitrogens is 2. The third-order valence-corrected chi connectivity index (χ3v) is 7.59. The van der Waals surface area contributed by atoms with E-state index in [1.165, 1.54) is 10.4 Å². The lowest BCUT2D eigenvalue weighted by Crippen LogP contribution is -2.26. The molecule has 32 heavy (non-hydrogen) atoms. The maximum absolute atomic E-state index is 13.0. The van der Waals surface area contributed by atoms with E-state index >= 15 is 0 Å². The van der Waals surface area contributed by atoms with Crippen LogP contribution < -0.4 is 19.8 Å². The first-order valence-corrected chi connectivity index (χ1v) is 11.7. The fourth-order valence-electron chi connectivity index (χ4n) is 4.47. The zero-order valence-electron chi connectivity index (χ0n) is 19.6. The molecule has 0 aliphatic heterocycles. The molecule has 0 unspecified atom stereocenters. The number of nitrogens with one attached hydrogen (secondary N) is 1. The van der Waals surface area contributed by atoms with E-state index in [9.17, 15) is 4.79 Å². The van der Waals surface area contributed by atoms with Crippen LogP contribution in [0.5, 0.6) is 17.2 Å². The van der Waals surface area contributed by atoms with Crippen LogP contribution in [-0.4, -0.2) is 43.2 Å². The topological polar surface area (TPSA) is 76.7 Å². The Balaban J connectivity index is 1.64. The van der Waals surface area contributed by atoms with Gasteiger partial charge in [-0.3, -0.25) is 9.69 Å². The number of H-pyrrole nitrogens is 1. The molecule has 0 saturated carbocycles. The molecular formula is C24H31N3O4S. The van der Waals surface area contributed by atoms with E-state index in [-0.39, 0.29) is 11.6 Å². The van der Waals surface area contributed by atoms with Crippen LogP contribution in [0.15, 0.2) is 16.9 Å². The van der Waals surface area contributed by atoms with E-state index in [1.54, 1.807) is 32.7 Å². The van der Waals surface area contributed by atoms with E-state index in [4.69, 9.17) is 19.2 Å². The Kier molecular flexibility index (Phi) is 6.44. The van der Waals surface area contributed by atoms with Crippen molar-refractivity contribution in [3.8, 4) is 17.2 Å². The highest BCUT2D eigenvalue weighted by Crippen LogP contribution is 2.41. The average Bonchev–Trinajstić information content (AvgIpc) is 3.15. The molecule has 1 aliphatic carbocycles. The predicted molar refractivity (Wildman–Crippen MR) is 127 cm³/mol. The van der Waals surface area contributed by atoms with Crippen molar-refractivity contribution in [1.29, 1.82) is 0 Å². The van der Waals surface area contributed by atoms with E-state index in [1.807, 2.05) is 26.1 Å². The molecule has 0 amide bonds. The summed E-state index contributed by atoms with van der Waals surface area (Å²) in [7, 11) is 6.83. The van der Waals surface area contributed by atoms with E-state index in [0.717, 1.165) is 35.0 Å². The van der Waals surface area contributed by atoms with Crippen molar-refractivity contribution >= 4 is 21.6 Å². The van der Waals surface area contributed by atoms with Gasteiger partial charge in [-0.05, 0) is 50.8 Å². The Morgan fingerprint density at radius 1 is 1.22 bits per heavy atom. The monoisotopic (exact) mass is 457 g/mol. The molecule has 0 fully saturated rings.